The minimum atomic E-state index is 0.190. The largest absolute Gasteiger partial charge is 0.343 e. The zero-order chi connectivity index (χ0) is 10.6. The van der Waals surface area contributed by atoms with Crippen molar-refractivity contribution in [2.75, 3.05) is 20.1 Å². The zero-order valence-corrected chi connectivity index (χ0v) is 9.55. The molecule has 1 amide bonds. The molecule has 0 aromatic rings. The van der Waals surface area contributed by atoms with E-state index in [1.54, 1.807) is 6.92 Å². The maximum Gasteiger partial charge on any atom is 0.219 e. The Kier molecular flexibility index (Phi) is 4.39. The number of carbonyl (C=O) groups excluding carboxylic acids is 1. The average Bonchev–Trinajstić information content (AvgIpc) is 2.20. The van der Waals surface area contributed by atoms with Crippen LogP contribution in [0, 0.1) is 5.92 Å². The van der Waals surface area contributed by atoms with Gasteiger partial charge in [0.15, 0.2) is 0 Å². The number of nitrogens with zero attached hydrogens (tertiary/aromatic N) is 1. The topological polar surface area (TPSA) is 32.3 Å². The first-order valence-corrected chi connectivity index (χ1v) is 5.61. The smallest absolute Gasteiger partial charge is 0.219 e. The highest BCUT2D eigenvalue weighted by Gasteiger charge is 2.26. The van der Waals surface area contributed by atoms with Gasteiger partial charge in [0.25, 0.3) is 0 Å². The summed E-state index contributed by atoms with van der Waals surface area (Å²) in [5.74, 6) is 0.880. The second kappa shape index (κ2) is 5.35. The van der Waals surface area contributed by atoms with Gasteiger partial charge in [0, 0.05) is 20.0 Å². The molecular weight excluding hydrogens is 176 g/mol. The molecule has 0 saturated carbocycles. The fourth-order valence-corrected chi connectivity index (χ4v) is 2.39. The first-order chi connectivity index (χ1) is 6.66. The molecule has 0 aromatic heterocycles. The van der Waals surface area contributed by atoms with Crippen molar-refractivity contribution in [3.63, 3.8) is 0 Å². The Morgan fingerprint density at radius 1 is 1.50 bits per heavy atom. The van der Waals surface area contributed by atoms with Gasteiger partial charge in [-0.3, -0.25) is 4.79 Å². The van der Waals surface area contributed by atoms with Crippen LogP contribution in [0.2, 0.25) is 0 Å². The molecule has 0 bridgehead atoms. The van der Waals surface area contributed by atoms with Crippen LogP contribution in [0.25, 0.3) is 0 Å². The quantitative estimate of drug-likeness (QED) is 0.740. The van der Waals surface area contributed by atoms with Gasteiger partial charge in [-0.1, -0.05) is 6.92 Å². The number of carbonyl (C=O) groups is 1. The van der Waals surface area contributed by atoms with Crippen LogP contribution in [-0.2, 0) is 4.79 Å². The lowest BCUT2D eigenvalue weighted by Gasteiger charge is -2.36. The number of rotatable bonds is 3. The number of hydrogen-bond acceptors (Lipinski definition) is 2. The van der Waals surface area contributed by atoms with E-state index in [4.69, 9.17) is 0 Å². The van der Waals surface area contributed by atoms with Crippen molar-refractivity contribution in [1.82, 2.24) is 10.2 Å². The van der Waals surface area contributed by atoms with Crippen LogP contribution in [0.4, 0.5) is 0 Å². The van der Waals surface area contributed by atoms with Crippen molar-refractivity contribution in [2.45, 2.75) is 39.2 Å². The normalized spacial score (nSPS) is 20.5. The third-order valence-electron chi connectivity index (χ3n) is 3.34. The number of hydrogen-bond donors (Lipinski definition) is 1. The third-order valence-corrected chi connectivity index (χ3v) is 3.34. The standard InChI is InChI=1S/C11H22N2O/c1-4-11(13(3)9(2)14)10-5-7-12-8-6-10/h10-12H,4-8H2,1-3H3. The van der Waals surface area contributed by atoms with Gasteiger partial charge in [0.2, 0.25) is 5.91 Å². The predicted octanol–water partition coefficient (Wildman–Crippen LogP) is 1.24. The summed E-state index contributed by atoms with van der Waals surface area (Å²) in [5.41, 5.74) is 0. The Bertz CT molecular complexity index is 188. The molecule has 1 aliphatic rings. The molecule has 3 heteroatoms. The molecule has 1 N–H and O–H groups in total. The van der Waals surface area contributed by atoms with Gasteiger partial charge >= 0.3 is 0 Å². The summed E-state index contributed by atoms with van der Waals surface area (Å²) in [6.45, 7) is 6.04. The van der Waals surface area contributed by atoms with Crippen molar-refractivity contribution in [2.24, 2.45) is 5.92 Å². The van der Waals surface area contributed by atoms with E-state index in [1.807, 2.05) is 11.9 Å². The highest BCUT2D eigenvalue weighted by Crippen LogP contribution is 2.22. The number of amides is 1. The molecule has 1 unspecified atom stereocenters. The fourth-order valence-electron chi connectivity index (χ4n) is 2.39. The Morgan fingerprint density at radius 3 is 2.50 bits per heavy atom. The minimum absolute atomic E-state index is 0.190. The SMILES string of the molecule is CCC(C1CCNCC1)N(C)C(C)=O. The Labute approximate surface area is 86.9 Å². The molecule has 1 aliphatic heterocycles. The average molecular weight is 198 g/mol. The molecule has 3 nitrogen and oxygen atoms in total. The van der Waals surface area contributed by atoms with E-state index >= 15 is 0 Å². The van der Waals surface area contributed by atoms with Crippen molar-refractivity contribution >= 4 is 5.91 Å². The molecule has 1 heterocycles. The van der Waals surface area contributed by atoms with Crippen LogP contribution in [0.15, 0.2) is 0 Å². The van der Waals surface area contributed by atoms with Crippen LogP contribution >= 0.6 is 0 Å². The molecule has 1 fully saturated rings. The lowest BCUT2D eigenvalue weighted by molar-refractivity contribution is -0.130. The first kappa shape index (κ1) is 11.5. The summed E-state index contributed by atoms with van der Waals surface area (Å²) in [5, 5.41) is 3.36. The maximum atomic E-state index is 11.3. The van der Waals surface area contributed by atoms with Crippen LogP contribution in [0.3, 0.4) is 0 Å². The van der Waals surface area contributed by atoms with Gasteiger partial charge in [-0.05, 0) is 38.3 Å². The van der Waals surface area contributed by atoms with Crippen LogP contribution < -0.4 is 5.32 Å². The van der Waals surface area contributed by atoms with Crippen LogP contribution in [0.5, 0.6) is 0 Å². The van der Waals surface area contributed by atoms with E-state index < -0.39 is 0 Å². The Morgan fingerprint density at radius 2 is 2.07 bits per heavy atom. The van der Waals surface area contributed by atoms with Crippen LogP contribution in [-0.4, -0.2) is 37.0 Å². The molecule has 14 heavy (non-hydrogen) atoms. The maximum absolute atomic E-state index is 11.3. The van der Waals surface area contributed by atoms with E-state index in [-0.39, 0.29) is 5.91 Å². The van der Waals surface area contributed by atoms with Gasteiger partial charge in [-0.25, -0.2) is 0 Å². The van der Waals surface area contributed by atoms with E-state index in [9.17, 15) is 4.79 Å². The lowest BCUT2D eigenvalue weighted by Crippen LogP contribution is -2.44. The van der Waals surface area contributed by atoms with E-state index in [0.717, 1.165) is 19.5 Å². The van der Waals surface area contributed by atoms with Gasteiger partial charge in [0.1, 0.15) is 0 Å². The molecule has 1 atom stereocenters. The fraction of sp³-hybridized carbons (Fsp3) is 0.909. The summed E-state index contributed by atoms with van der Waals surface area (Å²) in [4.78, 5) is 13.2. The second-order valence-electron chi connectivity index (χ2n) is 4.19. The molecule has 1 rings (SSSR count). The third kappa shape index (κ3) is 2.71. The van der Waals surface area contributed by atoms with Gasteiger partial charge in [0.05, 0.1) is 0 Å². The van der Waals surface area contributed by atoms with Crippen molar-refractivity contribution in [3.05, 3.63) is 0 Å². The van der Waals surface area contributed by atoms with Gasteiger partial charge < -0.3 is 10.2 Å². The summed E-state index contributed by atoms with van der Waals surface area (Å²) in [7, 11) is 1.93. The molecule has 82 valence electrons. The highest BCUT2D eigenvalue weighted by atomic mass is 16.2. The van der Waals surface area contributed by atoms with E-state index in [1.165, 1.54) is 12.8 Å². The van der Waals surface area contributed by atoms with Gasteiger partial charge in [-0.15, -0.1) is 0 Å². The Hall–Kier alpha value is -0.570. The number of piperidine rings is 1. The lowest BCUT2D eigenvalue weighted by atomic mass is 9.88. The molecular formula is C11H22N2O. The zero-order valence-electron chi connectivity index (χ0n) is 9.55. The first-order valence-electron chi connectivity index (χ1n) is 5.61. The molecule has 1 saturated heterocycles. The monoisotopic (exact) mass is 198 g/mol. The molecule has 0 spiro atoms. The number of nitrogens with one attached hydrogen (secondary N) is 1. The predicted molar refractivity (Wildman–Crippen MR) is 58.1 cm³/mol. The van der Waals surface area contributed by atoms with Crippen LogP contribution in [0.1, 0.15) is 33.1 Å². The summed E-state index contributed by atoms with van der Waals surface area (Å²) in [6, 6.07) is 0.439. The van der Waals surface area contributed by atoms with Gasteiger partial charge in [-0.2, -0.15) is 0 Å². The van der Waals surface area contributed by atoms with E-state index in [2.05, 4.69) is 12.2 Å². The minimum Gasteiger partial charge on any atom is -0.343 e. The molecule has 0 aromatic carbocycles. The Balaban J connectivity index is 2.55. The van der Waals surface area contributed by atoms with Crippen molar-refractivity contribution < 1.29 is 4.79 Å². The highest BCUT2D eigenvalue weighted by molar-refractivity contribution is 5.73. The summed E-state index contributed by atoms with van der Waals surface area (Å²) in [6.07, 6.45) is 3.48. The summed E-state index contributed by atoms with van der Waals surface area (Å²) < 4.78 is 0. The molecule has 0 aliphatic carbocycles. The van der Waals surface area contributed by atoms with Crippen molar-refractivity contribution in [3.8, 4) is 0 Å². The second-order valence-corrected chi connectivity index (χ2v) is 4.19. The molecule has 0 radical (unpaired) electrons. The summed E-state index contributed by atoms with van der Waals surface area (Å²) >= 11 is 0. The van der Waals surface area contributed by atoms with Crippen molar-refractivity contribution in [1.29, 1.82) is 0 Å². The van der Waals surface area contributed by atoms with E-state index in [0.29, 0.717) is 12.0 Å².